The molecule has 2 aromatic rings. The SMILES string of the molecule is COC(=O)c1ccc2nc(CC3CCCCN3)cn2c1. The fourth-order valence-corrected chi connectivity index (χ4v) is 2.73. The van der Waals surface area contributed by atoms with E-state index in [0.717, 1.165) is 24.3 Å². The lowest BCUT2D eigenvalue weighted by Crippen LogP contribution is -2.35. The number of aromatic nitrogens is 2. The molecule has 3 heterocycles. The average molecular weight is 273 g/mol. The molecular weight excluding hydrogens is 254 g/mol. The van der Waals surface area contributed by atoms with E-state index in [2.05, 4.69) is 10.3 Å². The Labute approximate surface area is 118 Å². The summed E-state index contributed by atoms with van der Waals surface area (Å²) in [6.45, 7) is 1.10. The van der Waals surface area contributed by atoms with Gasteiger partial charge in [-0.05, 0) is 31.5 Å². The van der Waals surface area contributed by atoms with E-state index in [1.165, 1.54) is 26.4 Å². The molecule has 2 aromatic heterocycles. The first kappa shape index (κ1) is 13.1. The van der Waals surface area contributed by atoms with Gasteiger partial charge in [-0.15, -0.1) is 0 Å². The highest BCUT2D eigenvalue weighted by Gasteiger charge is 2.15. The minimum Gasteiger partial charge on any atom is -0.465 e. The second-order valence-corrected chi connectivity index (χ2v) is 5.26. The molecule has 1 fully saturated rings. The number of pyridine rings is 1. The first-order valence-electron chi connectivity index (χ1n) is 7.05. The van der Waals surface area contributed by atoms with Crippen LogP contribution in [0.2, 0.25) is 0 Å². The second-order valence-electron chi connectivity index (χ2n) is 5.26. The maximum absolute atomic E-state index is 11.5. The number of nitrogens with one attached hydrogen (secondary N) is 1. The normalized spacial score (nSPS) is 19.1. The van der Waals surface area contributed by atoms with E-state index in [1.54, 1.807) is 12.3 Å². The molecule has 1 unspecified atom stereocenters. The van der Waals surface area contributed by atoms with E-state index in [9.17, 15) is 4.79 Å². The van der Waals surface area contributed by atoms with Crippen LogP contribution in [-0.2, 0) is 11.2 Å². The Bertz CT molecular complexity index is 615. The zero-order chi connectivity index (χ0) is 13.9. The second kappa shape index (κ2) is 5.63. The van der Waals surface area contributed by atoms with Gasteiger partial charge in [-0.2, -0.15) is 0 Å². The Morgan fingerprint density at radius 3 is 3.10 bits per heavy atom. The number of carbonyl (C=O) groups excluding carboxylic acids is 1. The lowest BCUT2D eigenvalue weighted by molar-refractivity contribution is 0.0600. The van der Waals surface area contributed by atoms with Crippen molar-refractivity contribution in [2.24, 2.45) is 0 Å². The fourth-order valence-electron chi connectivity index (χ4n) is 2.73. The molecule has 3 rings (SSSR count). The summed E-state index contributed by atoms with van der Waals surface area (Å²) in [6.07, 6.45) is 8.47. The number of imidazole rings is 1. The predicted molar refractivity (Wildman–Crippen MR) is 75.9 cm³/mol. The fraction of sp³-hybridized carbons (Fsp3) is 0.467. The number of esters is 1. The van der Waals surface area contributed by atoms with Crippen molar-refractivity contribution >= 4 is 11.6 Å². The molecule has 5 heteroatoms. The zero-order valence-corrected chi connectivity index (χ0v) is 11.6. The van der Waals surface area contributed by atoms with Crippen LogP contribution in [0.15, 0.2) is 24.5 Å². The molecule has 0 bridgehead atoms. The molecule has 106 valence electrons. The van der Waals surface area contributed by atoms with Crippen LogP contribution < -0.4 is 5.32 Å². The number of rotatable bonds is 3. The Morgan fingerprint density at radius 1 is 1.45 bits per heavy atom. The van der Waals surface area contributed by atoms with Crippen molar-refractivity contribution in [3.8, 4) is 0 Å². The first-order valence-corrected chi connectivity index (χ1v) is 7.05. The summed E-state index contributed by atoms with van der Waals surface area (Å²) < 4.78 is 6.62. The van der Waals surface area contributed by atoms with Gasteiger partial charge in [0.25, 0.3) is 0 Å². The standard InChI is InChI=1S/C15H19N3O2/c1-20-15(19)11-5-6-14-17-13(10-18(14)9-11)8-12-4-2-3-7-16-12/h5-6,9-10,12,16H,2-4,7-8H2,1H3. The third-order valence-electron chi connectivity index (χ3n) is 3.79. The number of ether oxygens (including phenoxy) is 1. The molecule has 1 N–H and O–H groups in total. The van der Waals surface area contributed by atoms with Crippen molar-refractivity contribution in [1.82, 2.24) is 14.7 Å². The molecular formula is C15H19N3O2. The van der Waals surface area contributed by atoms with Gasteiger partial charge in [0.15, 0.2) is 0 Å². The summed E-state index contributed by atoms with van der Waals surface area (Å²) in [6, 6.07) is 4.12. The minimum absolute atomic E-state index is 0.323. The van der Waals surface area contributed by atoms with Gasteiger partial charge in [-0.25, -0.2) is 9.78 Å². The monoisotopic (exact) mass is 273 g/mol. The van der Waals surface area contributed by atoms with Crippen LogP contribution in [0.3, 0.4) is 0 Å². The highest BCUT2D eigenvalue weighted by atomic mass is 16.5. The molecule has 1 atom stereocenters. The van der Waals surface area contributed by atoms with Gasteiger partial charge in [-0.1, -0.05) is 6.42 Å². The van der Waals surface area contributed by atoms with Gasteiger partial charge >= 0.3 is 5.97 Å². The lowest BCUT2D eigenvalue weighted by atomic mass is 10.0. The molecule has 5 nitrogen and oxygen atoms in total. The van der Waals surface area contributed by atoms with Crippen LogP contribution in [0, 0.1) is 0 Å². The highest BCUT2D eigenvalue weighted by Crippen LogP contribution is 2.14. The van der Waals surface area contributed by atoms with Gasteiger partial charge in [0.1, 0.15) is 5.65 Å². The van der Waals surface area contributed by atoms with E-state index in [1.807, 2.05) is 16.7 Å². The van der Waals surface area contributed by atoms with E-state index in [0.29, 0.717) is 11.6 Å². The molecule has 0 aromatic carbocycles. The van der Waals surface area contributed by atoms with Crippen LogP contribution in [0.5, 0.6) is 0 Å². The molecule has 0 aliphatic carbocycles. The van der Waals surface area contributed by atoms with Crippen molar-refractivity contribution in [3.05, 3.63) is 35.8 Å². The Morgan fingerprint density at radius 2 is 2.35 bits per heavy atom. The lowest BCUT2D eigenvalue weighted by Gasteiger charge is -2.22. The molecule has 0 spiro atoms. The van der Waals surface area contributed by atoms with Gasteiger partial charge in [0.05, 0.1) is 18.4 Å². The third kappa shape index (κ3) is 2.67. The van der Waals surface area contributed by atoms with E-state index in [-0.39, 0.29) is 5.97 Å². The largest absolute Gasteiger partial charge is 0.465 e. The van der Waals surface area contributed by atoms with E-state index in [4.69, 9.17) is 4.74 Å². The number of methoxy groups -OCH3 is 1. The molecule has 0 radical (unpaired) electrons. The molecule has 0 amide bonds. The topological polar surface area (TPSA) is 55.6 Å². The Hall–Kier alpha value is -1.88. The summed E-state index contributed by atoms with van der Waals surface area (Å²) in [5, 5.41) is 3.53. The van der Waals surface area contributed by atoms with Gasteiger partial charge in [0.2, 0.25) is 0 Å². The first-order chi connectivity index (χ1) is 9.76. The van der Waals surface area contributed by atoms with Crippen molar-refractivity contribution in [2.45, 2.75) is 31.7 Å². The van der Waals surface area contributed by atoms with Crippen LogP contribution in [-0.4, -0.2) is 35.1 Å². The summed E-state index contributed by atoms with van der Waals surface area (Å²) >= 11 is 0. The van der Waals surface area contributed by atoms with Crippen molar-refractivity contribution in [3.63, 3.8) is 0 Å². The Balaban J connectivity index is 1.81. The van der Waals surface area contributed by atoms with Gasteiger partial charge < -0.3 is 14.5 Å². The zero-order valence-electron chi connectivity index (χ0n) is 11.6. The van der Waals surface area contributed by atoms with Gasteiger partial charge in [-0.3, -0.25) is 0 Å². The van der Waals surface area contributed by atoms with Crippen LogP contribution in [0.1, 0.15) is 35.3 Å². The number of piperidine rings is 1. The molecule has 20 heavy (non-hydrogen) atoms. The number of hydrogen-bond donors (Lipinski definition) is 1. The van der Waals surface area contributed by atoms with Gasteiger partial charge in [0, 0.05) is 24.9 Å². The smallest absolute Gasteiger partial charge is 0.339 e. The summed E-state index contributed by atoms with van der Waals surface area (Å²) in [5.74, 6) is -0.323. The maximum Gasteiger partial charge on any atom is 0.339 e. The quantitative estimate of drug-likeness (QED) is 0.867. The van der Waals surface area contributed by atoms with Crippen molar-refractivity contribution in [2.75, 3.05) is 13.7 Å². The molecule has 1 aliphatic heterocycles. The third-order valence-corrected chi connectivity index (χ3v) is 3.79. The van der Waals surface area contributed by atoms with Crippen LogP contribution in [0.4, 0.5) is 0 Å². The van der Waals surface area contributed by atoms with E-state index < -0.39 is 0 Å². The van der Waals surface area contributed by atoms with Crippen molar-refractivity contribution < 1.29 is 9.53 Å². The van der Waals surface area contributed by atoms with Crippen molar-refractivity contribution in [1.29, 1.82) is 0 Å². The highest BCUT2D eigenvalue weighted by molar-refractivity contribution is 5.89. The van der Waals surface area contributed by atoms with Crippen LogP contribution >= 0.6 is 0 Å². The van der Waals surface area contributed by atoms with E-state index >= 15 is 0 Å². The number of hydrogen-bond acceptors (Lipinski definition) is 4. The molecule has 0 saturated carbocycles. The number of carbonyl (C=O) groups is 1. The van der Waals surface area contributed by atoms with Crippen LogP contribution in [0.25, 0.3) is 5.65 Å². The summed E-state index contributed by atoms with van der Waals surface area (Å²) in [5.41, 5.74) is 2.47. The molecule has 1 aliphatic rings. The number of nitrogens with zero attached hydrogens (tertiary/aromatic N) is 2. The predicted octanol–water partition coefficient (Wildman–Crippen LogP) is 1.81. The average Bonchev–Trinajstić information content (AvgIpc) is 2.88. The number of fused-ring (bicyclic) bond motifs is 1. The summed E-state index contributed by atoms with van der Waals surface area (Å²) in [4.78, 5) is 16.1. The molecule has 1 saturated heterocycles. The minimum atomic E-state index is -0.323. The Kier molecular flexibility index (Phi) is 3.69. The maximum atomic E-state index is 11.5. The summed E-state index contributed by atoms with van der Waals surface area (Å²) in [7, 11) is 1.39.